The van der Waals surface area contributed by atoms with Gasteiger partial charge in [-0.2, -0.15) is 13.2 Å². The van der Waals surface area contributed by atoms with Gasteiger partial charge < -0.3 is 4.90 Å². The van der Waals surface area contributed by atoms with Crippen molar-refractivity contribution in [2.75, 3.05) is 19.0 Å². The molecule has 0 fully saturated rings. The third kappa shape index (κ3) is 2.43. The van der Waals surface area contributed by atoms with Crippen molar-refractivity contribution in [1.82, 2.24) is 0 Å². The molecule has 0 aliphatic rings. The summed E-state index contributed by atoms with van der Waals surface area (Å²) in [5.74, 6) is 0. The molecule has 0 atom stereocenters. The highest BCUT2D eigenvalue weighted by molar-refractivity contribution is 5.56. The minimum atomic E-state index is -4.27. The highest BCUT2D eigenvalue weighted by Crippen LogP contribution is 2.35. The summed E-state index contributed by atoms with van der Waals surface area (Å²) in [6, 6.07) is 4.28. The molecule has 0 radical (unpaired) electrons. The Labute approximate surface area is 87.5 Å². The van der Waals surface area contributed by atoms with E-state index in [0.29, 0.717) is 17.7 Å². The molecule has 1 rings (SSSR count). The van der Waals surface area contributed by atoms with Crippen LogP contribution in [0.2, 0.25) is 0 Å². The average molecular weight is 217 g/mol. The lowest BCUT2D eigenvalue weighted by Crippen LogP contribution is -2.16. The number of hydrogen-bond acceptors (Lipinski definition) is 1. The third-order valence-electron chi connectivity index (χ3n) is 2.29. The van der Waals surface area contributed by atoms with E-state index in [1.165, 1.54) is 6.07 Å². The van der Waals surface area contributed by atoms with Crippen molar-refractivity contribution in [2.45, 2.75) is 19.5 Å². The standard InChI is InChI=1S/C11H14F3N/c1-4-8-9(11(12,13)14)6-5-7-10(8)15(2)3/h5-7H,4H2,1-3H3. The zero-order valence-electron chi connectivity index (χ0n) is 9.02. The normalized spacial score (nSPS) is 11.6. The number of rotatable bonds is 2. The molecule has 0 saturated carbocycles. The summed E-state index contributed by atoms with van der Waals surface area (Å²) < 4.78 is 38.0. The summed E-state index contributed by atoms with van der Waals surface area (Å²) in [5, 5.41) is 0. The molecule has 4 heteroatoms. The van der Waals surface area contributed by atoms with E-state index < -0.39 is 11.7 Å². The zero-order valence-corrected chi connectivity index (χ0v) is 9.02. The Morgan fingerprint density at radius 3 is 2.20 bits per heavy atom. The number of alkyl halides is 3. The van der Waals surface area contributed by atoms with Crippen LogP contribution in [-0.4, -0.2) is 14.1 Å². The largest absolute Gasteiger partial charge is 0.416 e. The van der Waals surface area contributed by atoms with Gasteiger partial charge in [-0.25, -0.2) is 0 Å². The fourth-order valence-corrected chi connectivity index (χ4v) is 1.63. The first-order valence-corrected chi connectivity index (χ1v) is 4.74. The molecule has 0 aliphatic heterocycles. The SMILES string of the molecule is CCc1c(N(C)C)cccc1C(F)(F)F. The van der Waals surface area contributed by atoms with Gasteiger partial charge in [-0.1, -0.05) is 13.0 Å². The Bertz CT molecular complexity index is 342. The Morgan fingerprint density at radius 1 is 1.20 bits per heavy atom. The number of nitrogens with zero attached hydrogens (tertiary/aromatic N) is 1. The molecule has 1 nitrogen and oxygen atoms in total. The topological polar surface area (TPSA) is 3.24 Å². The first kappa shape index (κ1) is 11.9. The van der Waals surface area contributed by atoms with Crippen molar-refractivity contribution in [3.63, 3.8) is 0 Å². The van der Waals surface area contributed by atoms with Crippen LogP contribution in [0.3, 0.4) is 0 Å². The Balaban J connectivity index is 3.35. The van der Waals surface area contributed by atoms with Gasteiger partial charge in [0.2, 0.25) is 0 Å². The molecule has 1 aromatic carbocycles. The van der Waals surface area contributed by atoms with Gasteiger partial charge in [-0.3, -0.25) is 0 Å². The van der Waals surface area contributed by atoms with Crippen molar-refractivity contribution in [3.8, 4) is 0 Å². The molecule has 0 aliphatic carbocycles. The van der Waals surface area contributed by atoms with E-state index in [9.17, 15) is 13.2 Å². The second kappa shape index (κ2) is 4.13. The van der Waals surface area contributed by atoms with E-state index in [1.807, 2.05) is 0 Å². The van der Waals surface area contributed by atoms with Crippen molar-refractivity contribution in [1.29, 1.82) is 0 Å². The van der Waals surface area contributed by atoms with Gasteiger partial charge in [0.15, 0.2) is 0 Å². The zero-order chi connectivity index (χ0) is 11.6. The van der Waals surface area contributed by atoms with Gasteiger partial charge in [0.1, 0.15) is 0 Å². The molecule has 0 heterocycles. The highest BCUT2D eigenvalue weighted by Gasteiger charge is 2.33. The van der Waals surface area contributed by atoms with Crippen LogP contribution < -0.4 is 4.90 Å². The van der Waals surface area contributed by atoms with Gasteiger partial charge in [0, 0.05) is 19.8 Å². The predicted octanol–water partition coefficient (Wildman–Crippen LogP) is 3.33. The summed E-state index contributed by atoms with van der Waals surface area (Å²) in [6.45, 7) is 1.73. The van der Waals surface area contributed by atoms with Crippen molar-refractivity contribution in [3.05, 3.63) is 29.3 Å². The van der Waals surface area contributed by atoms with Crippen LogP contribution in [-0.2, 0) is 12.6 Å². The molecular formula is C11H14F3N. The van der Waals surface area contributed by atoms with E-state index in [1.54, 1.807) is 32.0 Å². The molecular weight excluding hydrogens is 203 g/mol. The van der Waals surface area contributed by atoms with E-state index >= 15 is 0 Å². The van der Waals surface area contributed by atoms with Crippen LogP contribution in [0.5, 0.6) is 0 Å². The van der Waals surface area contributed by atoms with Gasteiger partial charge >= 0.3 is 6.18 Å². The quantitative estimate of drug-likeness (QED) is 0.734. The minimum absolute atomic E-state index is 0.356. The average Bonchev–Trinajstić information content (AvgIpc) is 2.15. The van der Waals surface area contributed by atoms with Crippen molar-refractivity contribution in [2.24, 2.45) is 0 Å². The smallest absolute Gasteiger partial charge is 0.377 e. The van der Waals surface area contributed by atoms with Crippen molar-refractivity contribution >= 4 is 5.69 Å². The molecule has 0 spiro atoms. The summed E-state index contributed by atoms with van der Waals surface area (Å²) in [5.41, 5.74) is 0.457. The second-order valence-electron chi connectivity index (χ2n) is 3.55. The highest BCUT2D eigenvalue weighted by atomic mass is 19.4. The van der Waals surface area contributed by atoms with Crippen LogP contribution in [0.1, 0.15) is 18.1 Å². The van der Waals surface area contributed by atoms with Gasteiger partial charge in [-0.05, 0) is 24.1 Å². The van der Waals surface area contributed by atoms with E-state index in [4.69, 9.17) is 0 Å². The molecule has 84 valence electrons. The fourth-order valence-electron chi connectivity index (χ4n) is 1.63. The molecule has 0 bridgehead atoms. The molecule has 15 heavy (non-hydrogen) atoms. The number of benzene rings is 1. The number of halogens is 3. The summed E-state index contributed by atoms with van der Waals surface area (Å²) in [4.78, 5) is 1.70. The lowest BCUT2D eigenvalue weighted by molar-refractivity contribution is -0.138. The van der Waals surface area contributed by atoms with Crippen LogP contribution in [0.15, 0.2) is 18.2 Å². The van der Waals surface area contributed by atoms with Gasteiger partial charge in [0.25, 0.3) is 0 Å². The minimum Gasteiger partial charge on any atom is -0.377 e. The Morgan fingerprint density at radius 2 is 1.80 bits per heavy atom. The van der Waals surface area contributed by atoms with Crippen LogP contribution in [0.25, 0.3) is 0 Å². The number of anilines is 1. The lowest BCUT2D eigenvalue weighted by atomic mass is 10.0. The van der Waals surface area contributed by atoms with Crippen LogP contribution in [0, 0.1) is 0 Å². The van der Waals surface area contributed by atoms with E-state index in [0.717, 1.165) is 6.07 Å². The Kier molecular flexibility index (Phi) is 3.27. The molecule has 0 unspecified atom stereocenters. The third-order valence-corrected chi connectivity index (χ3v) is 2.29. The molecule has 0 saturated heterocycles. The first-order valence-electron chi connectivity index (χ1n) is 4.74. The van der Waals surface area contributed by atoms with Crippen LogP contribution in [0.4, 0.5) is 18.9 Å². The van der Waals surface area contributed by atoms with E-state index in [2.05, 4.69) is 0 Å². The van der Waals surface area contributed by atoms with Crippen molar-refractivity contribution < 1.29 is 13.2 Å². The molecule has 1 aromatic rings. The maximum atomic E-state index is 12.7. The van der Waals surface area contributed by atoms with Gasteiger partial charge in [-0.15, -0.1) is 0 Å². The lowest BCUT2D eigenvalue weighted by Gasteiger charge is -2.20. The summed E-state index contributed by atoms with van der Waals surface area (Å²) in [7, 11) is 3.49. The summed E-state index contributed by atoms with van der Waals surface area (Å²) >= 11 is 0. The monoisotopic (exact) mass is 217 g/mol. The van der Waals surface area contributed by atoms with E-state index in [-0.39, 0.29) is 0 Å². The van der Waals surface area contributed by atoms with Gasteiger partial charge in [0.05, 0.1) is 5.56 Å². The maximum absolute atomic E-state index is 12.7. The second-order valence-corrected chi connectivity index (χ2v) is 3.55. The fraction of sp³-hybridized carbons (Fsp3) is 0.455. The molecule has 0 N–H and O–H groups in total. The molecule has 0 aromatic heterocycles. The Hall–Kier alpha value is -1.19. The maximum Gasteiger partial charge on any atom is 0.416 e. The summed E-state index contributed by atoms with van der Waals surface area (Å²) in [6.07, 6.45) is -3.89. The van der Waals surface area contributed by atoms with Crippen LogP contribution >= 0.6 is 0 Å². The number of hydrogen-bond donors (Lipinski definition) is 0. The molecule has 0 amide bonds. The first-order chi connectivity index (χ1) is 6.88. The predicted molar refractivity (Wildman–Crippen MR) is 55.1 cm³/mol.